The summed E-state index contributed by atoms with van der Waals surface area (Å²) in [6.07, 6.45) is 3.37. The van der Waals surface area contributed by atoms with Gasteiger partial charge >= 0.3 is 0 Å². The van der Waals surface area contributed by atoms with Crippen molar-refractivity contribution in [2.75, 3.05) is 11.9 Å². The zero-order valence-electron chi connectivity index (χ0n) is 23.1. The Hall–Kier alpha value is -4.45. The Labute approximate surface area is 262 Å². The number of thiocarbonyl (C=S) groups is 1. The highest BCUT2D eigenvalue weighted by Gasteiger charge is 2.22. The Morgan fingerprint density at radius 1 is 1.07 bits per heavy atom. The standard InChI is InChI=1S/C32H29BrN6O3S/c33-25-8-4-9-26(15-25)36-32(43)37(19-24-7-3-6-23-5-1-2-10-29(23)24)20-30(34)31(40)16-28-17-35-21-38(28)18-22-11-13-27(14-12-22)39(41)42/h1-15,17,21,30H,16,18-20,34H2,(H,36,43). The molecule has 1 atom stereocenters. The molecule has 0 saturated heterocycles. The molecule has 4 aromatic carbocycles. The smallest absolute Gasteiger partial charge is 0.269 e. The highest BCUT2D eigenvalue weighted by molar-refractivity contribution is 9.10. The minimum absolute atomic E-state index is 0.0242. The summed E-state index contributed by atoms with van der Waals surface area (Å²) >= 11 is 9.34. The number of carbonyl (C=O) groups is 1. The van der Waals surface area contributed by atoms with E-state index >= 15 is 0 Å². The van der Waals surface area contributed by atoms with Crippen molar-refractivity contribution in [1.29, 1.82) is 0 Å². The third-order valence-electron chi connectivity index (χ3n) is 7.09. The first-order valence-corrected chi connectivity index (χ1v) is 14.8. The maximum absolute atomic E-state index is 13.4. The molecule has 0 spiro atoms. The van der Waals surface area contributed by atoms with Crippen LogP contribution in [0.1, 0.15) is 16.8 Å². The van der Waals surface area contributed by atoms with Gasteiger partial charge in [-0.15, -0.1) is 0 Å². The van der Waals surface area contributed by atoms with Crippen LogP contribution in [0.5, 0.6) is 0 Å². The van der Waals surface area contributed by atoms with E-state index in [1.54, 1.807) is 24.7 Å². The van der Waals surface area contributed by atoms with Crippen LogP contribution in [0, 0.1) is 10.1 Å². The van der Waals surface area contributed by atoms with Crippen molar-refractivity contribution >= 4 is 61.2 Å². The third-order valence-corrected chi connectivity index (χ3v) is 7.94. The van der Waals surface area contributed by atoms with Crippen LogP contribution in [0.2, 0.25) is 0 Å². The highest BCUT2D eigenvalue weighted by Crippen LogP contribution is 2.22. The maximum Gasteiger partial charge on any atom is 0.269 e. The number of hydrogen-bond acceptors (Lipinski definition) is 6. The second kappa shape index (κ2) is 13.7. The van der Waals surface area contributed by atoms with Gasteiger partial charge in [-0.25, -0.2) is 4.98 Å². The summed E-state index contributed by atoms with van der Waals surface area (Å²) in [5.74, 6) is -0.154. The molecular formula is C32H29BrN6O3S. The number of fused-ring (bicyclic) bond motifs is 1. The van der Waals surface area contributed by atoms with E-state index in [1.807, 2.05) is 51.9 Å². The van der Waals surface area contributed by atoms with Crippen LogP contribution in [-0.2, 0) is 24.3 Å². The fraction of sp³-hybridized carbons (Fsp3) is 0.156. The second-order valence-corrected chi connectivity index (χ2v) is 11.4. The van der Waals surface area contributed by atoms with Crippen LogP contribution in [0.3, 0.4) is 0 Å². The number of anilines is 1. The molecule has 1 unspecified atom stereocenters. The summed E-state index contributed by atoms with van der Waals surface area (Å²) in [5.41, 5.74) is 9.99. The number of nitrogens with one attached hydrogen (secondary N) is 1. The number of rotatable bonds is 11. The monoisotopic (exact) mass is 656 g/mol. The summed E-state index contributed by atoms with van der Waals surface area (Å²) in [4.78, 5) is 30.1. The normalized spacial score (nSPS) is 11.7. The van der Waals surface area contributed by atoms with Crippen LogP contribution in [-0.4, -0.2) is 42.9 Å². The zero-order chi connectivity index (χ0) is 30.3. The van der Waals surface area contributed by atoms with E-state index < -0.39 is 11.0 Å². The number of benzene rings is 4. The van der Waals surface area contributed by atoms with Gasteiger partial charge in [-0.1, -0.05) is 76.6 Å². The van der Waals surface area contributed by atoms with Crippen molar-refractivity contribution in [1.82, 2.24) is 14.5 Å². The van der Waals surface area contributed by atoms with Gasteiger partial charge < -0.3 is 20.5 Å². The molecule has 0 fully saturated rings. The highest BCUT2D eigenvalue weighted by atomic mass is 79.9. The number of hydrogen-bond donors (Lipinski definition) is 2. The van der Waals surface area contributed by atoms with Gasteiger partial charge in [-0.2, -0.15) is 0 Å². The first-order valence-electron chi connectivity index (χ1n) is 13.6. The largest absolute Gasteiger partial charge is 0.343 e. The van der Waals surface area contributed by atoms with Crippen LogP contribution in [0.15, 0.2) is 108 Å². The van der Waals surface area contributed by atoms with Gasteiger partial charge in [0, 0.05) is 60.2 Å². The van der Waals surface area contributed by atoms with E-state index in [0.717, 1.165) is 32.1 Å². The summed E-state index contributed by atoms with van der Waals surface area (Å²) < 4.78 is 2.76. The van der Waals surface area contributed by atoms with Crippen LogP contribution < -0.4 is 11.1 Å². The van der Waals surface area contributed by atoms with E-state index in [2.05, 4.69) is 50.5 Å². The first kappa shape index (κ1) is 30.0. The predicted octanol–water partition coefficient (Wildman–Crippen LogP) is 6.09. The molecule has 0 aliphatic carbocycles. The Bertz CT molecular complexity index is 1770. The number of ketones is 1. The quantitative estimate of drug-likeness (QED) is 0.0995. The van der Waals surface area contributed by atoms with E-state index in [9.17, 15) is 14.9 Å². The van der Waals surface area contributed by atoms with E-state index in [0.29, 0.717) is 23.9 Å². The van der Waals surface area contributed by atoms with Crippen molar-refractivity contribution in [3.63, 3.8) is 0 Å². The van der Waals surface area contributed by atoms with Gasteiger partial charge in [0.25, 0.3) is 5.69 Å². The molecule has 5 rings (SSSR count). The minimum atomic E-state index is -0.819. The van der Waals surface area contributed by atoms with Crippen molar-refractivity contribution < 1.29 is 9.72 Å². The van der Waals surface area contributed by atoms with Crippen LogP contribution >= 0.6 is 28.1 Å². The lowest BCUT2D eigenvalue weighted by Gasteiger charge is -2.29. The van der Waals surface area contributed by atoms with Gasteiger partial charge in [-0.3, -0.25) is 14.9 Å². The average Bonchev–Trinajstić information content (AvgIpc) is 3.43. The van der Waals surface area contributed by atoms with E-state index in [1.165, 1.54) is 12.1 Å². The van der Waals surface area contributed by atoms with Crippen LogP contribution in [0.4, 0.5) is 11.4 Å². The molecule has 3 N–H and O–H groups in total. The summed E-state index contributed by atoms with van der Waals surface area (Å²) in [5, 5.41) is 16.9. The lowest BCUT2D eigenvalue weighted by Crippen LogP contribution is -2.46. The molecule has 0 amide bonds. The lowest BCUT2D eigenvalue weighted by molar-refractivity contribution is -0.384. The molecule has 9 nitrogen and oxygen atoms in total. The number of nitrogens with two attached hydrogens (primary N) is 1. The number of Topliss-reactive ketones (excluding diaryl/α,β-unsaturated/α-hetero) is 1. The molecule has 0 aliphatic rings. The molecule has 0 bridgehead atoms. The molecule has 5 aromatic rings. The van der Waals surface area contributed by atoms with Crippen LogP contribution in [0.25, 0.3) is 10.8 Å². The molecule has 218 valence electrons. The number of halogens is 1. The fourth-order valence-electron chi connectivity index (χ4n) is 4.83. The Morgan fingerprint density at radius 2 is 1.81 bits per heavy atom. The topological polar surface area (TPSA) is 119 Å². The zero-order valence-corrected chi connectivity index (χ0v) is 25.5. The summed E-state index contributed by atoms with van der Waals surface area (Å²) in [7, 11) is 0. The van der Waals surface area contributed by atoms with Crippen molar-refractivity contribution in [2.24, 2.45) is 5.73 Å². The molecule has 43 heavy (non-hydrogen) atoms. The molecule has 11 heteroatoms. The van der Waals surface area contributed by atoms with E-state index in [4.69, 9.17) is 18.0 Å². The van der Waals surface area contributed by atoms with Gasteiger partial charge in [0.05, 0.1) is 17.3 Å². The third kappa shape index (κ3) is 7.69. The van der Waals surface area contributed by atoms with E-state index in [-0.39, 0.29) is 24.4 Å². The number of aromatic nitrogens is 2. The molecule has 1 heterocycles. The van der Waals surface area contributed by atoms with Gasteiger partial charge in [-0.05, 0) is 52.3 Å². The number of carbonyl (C=O) groups excluding carboxylic acids is 1. The second-order valence-electron chi connectivity index (χ2n) is 10.1. The van der Waals surface area contributed by atoms with Gasteiger partial charge in [0.1, 0.15) is 0 Å². The first-order chi connectivity index (χ1) is 20.8. The number of nitro benzene ring substituents is 1. The Morgan fingerprint density at radius 3 is 2.58 bits per heavy atom. The van der Waals surface area contributed by atoms with Crippen molar-refractivity contribution in [2.45, 2.75) is 25.6 Å². The minimum Gasteiger partial charge on any atom is -0.343 e. The average molecular weight is 658 g/mol. The van der Waals surface area contributed by atoms with Crippen molar-refractivity contribution in [3.05, 3.63) is 135 Å². The number of nitro groups is 1. The fourth-order valence-corrected chi connectivity index (χ4v) is 5.49. The Balaban J connectivity index is 1.32. The number of non-ortho nitro benzene ring substituents is 1. The summed E-state index contributed by atoms with van der Waals surface area (Å²) in [6, 6.07) is 27.5. The molecule has 0 aliphatic heterocycles. The molecular weight excluding hydrogens is 628 g/mol. The molecule has 0 radical (unpaired) electrons. The maximum atomic E-state index is 13.4. The summed E-state index contributed by atoms with van der Waals surface area (Å²) in [6.45, 7) is 1.09. The lowest BCUT2D eigenvalue weighted by atomic mass is 10.0. The van der Waals surface area contributed by atoms with Gasteiger partial charge in [0.15, 0.2) is 10.9 Å². The number of imidazole rings is 1. The predicted molar refractivity (Wildman–Crippen MR) is 176 cm³/mol. The Kier molecular flexibility index (Phi) is 9.55. The SMILES string of the molecule is NC(CN(Cc1cccc2ccccc12)C(=S)Nc1cccc(Br)c1)C(=O)Cc1cncn1Cc1ccc([N+](=O)[O-])cc1. The van der Waals surface area contributed by atoms with Gasteiger partial charge in [0.2, 0.25) is 0 Å². The van der Waals surface area contributed by atoms with Crippen molar-refractivity contribution in [3.8, 4) is 0 Å². The molecule has 0 saturated carbocycles. The number of nitrogens with zero attached hydrogens (tertiary/aromatic N) is 4. The molecule has 1 aromatic heterocycles.